The van der Waals surface area contributed by atoms with Crippen molar-refractivity contribution in [1.82, 2.24) is 4.90 Å². The van der Waals surface area contributed by atoms with Crippen molar-refractivity contribution < 1.29 is 9.47 Å². The Hall–Kier alpha value is -1.42. The number of alkyl halides is 1. The predicted molar refractivity (Wildman–Crippen MR) is 117 cm³/mol. The average molecular weight is 412 g/mol. The zero-order valence-electron chi connectivity index (χ0n) is 16.8. The van der Waals surface area contributed by atoms with Gasteiger partial charge < -0.3 is 9.47 Å². The van der Waals surface area contributed by atoms with Crippen molar-refractivity contribution in [3.63, 3.8) is 0 Å². The monoisotopic (exact) mass is 411 g/mol. The van der Waals surface area contributed by atoms with Crippen LogP contribution in [0.5, 0.6) is 11.5 Å². The van der Waals surface area contributed by atoms with E-state index >= 15 is 0 Å². The van der Waals surface area contributed by atoms with Crippen LogP contribution in [0.2, 0.25) is 0 Å². The molecule has 2 aromatic rings. The van der Waals surface area contributed by atoms with E-state index < -0.39 is 0 Å². The summed E-state index contributed by atoms with van der Waals surface area (Å²) < 4.78 is 11.8. The summed E-state index contributed by atoms with van der Waals surface area (Å²) in [7, 11) is 0. The molecule has 5 heteroatoms. The predicted octanol–water partition coefficient (Wildman–Crippen LogP) is 5.34. The van der Waals surface area contributed by atoms with Crippen LogP contribution in [0.15, 0.2) is 36.4 Å². The molecule has 0 saturated carbocycles. The number of ether oxygens (including phenoxy) is 2. The second kappa shape index (κ2) is 12.1. The first kappa shape index (κ1) is 23.6. The summed E-state index contributed by atoms with van der Waals surface area (Å²) in [5, 5.41) is 0. The lowest BCUT2D eigenvalue weighted by atomic mass is 10.1. The molecule has 0 unspecified atom stereocenters. The maximum Gasteiger partial charge on any atom is 0.119 e. The molecule has 0 radical (unpaired) electrons. The van der Waals surface area contributed by atoms with Crippen LogP contribution in [-0.4, -0.2) is 43.6 Å². The molecule has 0 aliphatic carbocycles. The molecule has 27 heavy (non-hydrogen) atoms. The Morgan fingerprint density at radius 2 is 1.04 bits per heavy atom. The highest BCUT2D eigenvalue weighted by molar-refractivity contribution is 6.18. The first-order chi connectivity index (χ1) is 12.5. The smallest absolute Gasteiger partial charge is 0.119 e. The maximum absolute atomic E-state index is 5.95. The minimum Gasteiger partial charge on any atom is -0.492 e. The third-order valence-electron chi connectivity index (χ3n) is 4.14. The molecule has 3 nitrogen and oxygen atoms in total. The van der Waals surface area contributed by atoms with E-state index in [2.05, 4.69) is 69.0 Å². The average Bonchev–Trinajstić information content (AvgIpc) is 2.53. The third kappa shape index (κ3) is 8.87. The molecule has 0 bridgehead atoms. The van der Waals surface area contributed by atoms with Crippen molar-refractivity contribution in [1.29, 1.82) is 0 Å². The topological polar surface area (TPSA) is 21.7 Å². The van der Waals surface area contributed by atoms with Gasteiger partial charge in [-0.1, -0.05) is 12.1 Å². The van der Waals surface area contributed by atoms with Gasteiger partial charge in [-0.15, -0.1) is 24.0 Å². The fourth-order valence-corrected chi connectivity index (χ4v) is 3.31. The molecule has 0 aromatic heterocycles. The van der Waals surface area contributed by atoms with Gasteiger partial charge in [0.1, 0.15) is 24.7 Å². The van der Waals surface area contributed by atoms with Gasteiger partial charge in [0, 0.05) is 25.5 Å². The Morgan fingerprint density at radius 1 is 0.667 bits per heavy atom. The fraction of sp³-hybridized carbons (Fsp3) is 0.455. The van der Waals surface area contributed by atoms with Crippen molar-refractivity contribution in [2.24, 2.45) is 0 Å². The zero-order valence-corrected chi connectivity index (χ0v) is 18.3. The van der Waals surface area contributed by atoms with Gasteiger partial charge in [0.05, 0.1) is 0 Å². The number of benzene rings is 2. The molecule has 0 N–H and O–H groups in total. The van der Waals surface area contributed by atoms with Gasteiger partial charge in [0.25, 0.3) is 0 Å². The van der Waals surface area contributed by atoms with Crippen molar-refractivity contribution in [2.45, 2.75) is 27.7 Å². The summed E-state index contributed by atoms with van der Waals surface area (Å²) in [5.74, 6) is 2.47. The molecule has 0 atom stereocenters. The SMILES string of the molecule is Cc1cc(C)cc(OCCN(CCCl)CCOc2cc(C)cc(C)c2)c1.Cl. The Bertz CT molecular complexity index is 609. The second-order valence-corrected chi connectivity index (χ2v) is 7.25. The molecule has 0 heterocycles. The Balaban J connectivity index is 0.00000364. The third-order valence-corrected chi connectivity index (χ3v) is 4.31. The van der Waals surface area contributed by atoms with E-state index in [0.29, 0.717) is 19.1 Å². The van der Waals surface area contributed by atoms with Crippen molar-refractivity contribution in [2.75, 3.05) is 38.7 Å². The van der Waals surface area contributed by atoms with Gasteiger partial charge in [0.15, 0.2) is 0 Å². The van der Waals surface area contributed by atoms with Crippen molar-refractivity contribution in [3.8, 4) is 11.5 Å². The lowest BCUT2D eigenvalue weighted by Crippen LogP contribution is -2.34. The molecule has 0 amide bonds. The summed E-state index contributed by atoms with van der Waals surface area (Å²) in [6.45, 7) is 12.1. The largest absolute Gasteiger partial charge is 0.492 e. The quantitative estimate of drug-likeness (QED) is 0.492. The molecular formula is C22H31Cl2NO2. The molecule has 0 saturated heterocycles. The van der Waals surface area contributed by atoms with Crippen LogP contribution in [0, 0.1) is 27.7 Å². The molecular weight excluding hydrogens is 381 g/mol. The van der Waals surface area contributed by atoms with Gasteiger partial charge in [0.2, 0.25) is 0 Å². The molecule has 0 aliphatic heterocycles. The van der Waals surface area contributed by atoms with Crippen LogP contribution < -0.4 is 9.47 Å². The molecule has 0 fully saturated rings. The Labute approximate surface area is 175 Å². The van der Waals surface area contributed by atoms with Gasteiger partial charge >= 0.3 is 0 Å². The van der Waals surface area contributed by atoms with Crippen LogP contribution in [0.3, 0.4) is 0 Å². The minimum absolute atomic E-state index is 0. The van der Waals surface area contributed by atoms with Gasteiger partial charge in [-0.3, -0.25) is 4.90 Å². The lowest BCUT2D eigenvalue weighted by molar-refractivity contribution is 0.183. The number of aryl methyl sites for hydroxylation is 4. The van der Waals surface area contributed by atoms with Crippen LogP contribution in [-0.2, 0) is 0 Å². The van der Waals surface area contributed by atoms with E-state index in [1.165, 1.54) is 22.3 Å². The number of hydrogen-bond acceptors (Lipinski definition) is 3. The van der Waals surface area contributed by atoms with E-state index in [-0.39, 0.29) is 12.4 Å². The number of rotatable bonds is 10. The molecule has 0 spiro atoms. The van der Waals surface area contributed by atoms with Crippen molar-refractivity contribution in [3.05, 3.63) is 58.7 Å². The summed E-state index contributed by atoms with van der Waals surface area (Å²) in [5.41, 5.74) is 4.89. The van der Waals surface area contributed by atoms with E-state index in [0.717, 1.165) is 31.1 Å². The van der Waals surface area contributed by atoms with Crippen LogP contribution >= 0.6 is 24.0 Å². The number of nitrogens with zero attached hydrogens (tertiary/aromatic N) is 1. The van der Waals surface area contributed by atoms with Crippen LogP contribution in [0.1, 0.15) is 22.3 Å². The van der Waals surface area contributed by atoms with E-state index in [1.54, 1.807) is 0 Å². The summed E-state index contributed by atoms with van der Waals surface area (Å²) in [6.07, 6.45) is 0. The van der Waals surface area contributed by atoms with Crippen LogP contribution in [0.25, 0.3) is 0 Å². The number of hydrogen-bond donors (Lipinski definition) is 0. The molecule has 2 aromatic carbocycles. The van der Waals surface area contributed by atoms with Crippen LogP contribution in [0.4, 0.5) is 0 Å². The Morgan fingerprint density at radius 3 is 1.37 bits per heavy atom. The normalized spacial score (nSPS) is 10.6. The van der Waals surface area contributed by atoms with Gasteiger partial charge in [-0.05, 0) is 74.2 Å². The summed E-state index contributed by atoms with van der Waals surface area (Å²) >= 11 is 5.95. The summed E-state index contributed by atoms with van der Waals surface area (Å²) in [4.78, 5) is 2.28. The molecule has 0 aliphatic rings. The Kier molecular flexibility index (Phi) is 10.6. The van der Waals surface area contributed by atoms with Gasteiger partial charge in [-0.2, -0.15) is 0 Å². The second-order valence-electron chi connectivity index (χ2n) is 6.87. The maximum atomic E-state index is 5.95. The standard InChI is InChI=1S/C22H30ClNO2.ClH/c1-17-11-18(2)14-21(13-17)25-9-7-24(6-5-23)8-10-26-22-15-19(3)12-20(4)16-22;/h11-16H,5-10H2,1-4H3;1H. The fourth-order valence-electron chi connectivity index (χ4n) is 3.07. The first-order valence-electron chi connectivity index (χ1n) is 9.17. The summed E-state index contributed by atoms with van der Waals surface area (Å²) in [6, 6.07) is 12.6. The molecule has 150 valence electrons. The van der Waals surface area contributed by atoms with Crippen molar-refractivity contribution >= 4 is 24.0 Å². The molecule has 2 rings (SSSR count). The lowest BCUT2D eigenvalue weighted by Gasteiger charge is -2.21. The van der Waals surface area contributed by atoms with Gasteiger partial charge in [-0.25, -0.2) is 0 Å². The zero-order chi connectivity index (χ0) is 18.9. The van der Waals surface area contributed by atoms with E-state index in [4.69, 9.17) is 21.1 Å². The van der Waals surface area contributed by atoms with E-state index in [9.17, 15) is 0 Å². The first-order valence-corrected chi connectivity index (χ1v) is 9.70. The highest BCUT2D eigenvalue weighted by Gasteiger charge is 2.06. The highest BCUT2D eigenvalue weighted by atomic mass is 35.5. The van der Waals surface area contributed by atoms with E-state index in [1.807, 2.05) is 0 Å². The highest BCUT2D eigenvalue weighted by Crippen LogP contribution is 2.17. The minimum atomic E-state index is 0. The number of halogens is 2.